The minimum Gasteiger partial charge on any atom is -0.491 e. The number of hydrogen-bond donors (Lipinski definition) is 1. The molecule has 0 amide bonds. The Balaban J connectivity index is 1.87. The smallest absolute Gasteiger partial charge is 0.269 e. The number of nitro benzene ring substituents is 1. The third-order valence-corrected chi connectivity index (χ3v) is 5.04. The number of aryl methyl sites for hydroxylation is 1. The standard InChI is InChI=1S/C18H22N2O5S/c1-14(2)25-17-7-3-5-15(13-17)6-4-12-19-26(23,24)18-10-8-16(9-11-18)20(21)22/h3,5,7-11,13-14,19H,4,6,12H2,1-2H3. The van der Waals surface area contributed by atoms with Crippen LogP contribution < -0.4 is 9.46 Å². The second-order valence-corrected chi connectivity index (χ2v) is 7.83. The van der Waals surface area contributed by atoms with Crippen LogP contribution in [0.2, 0.25) is 0 Å². The van der Waals surface area contributed by atoms with Gasteiger partial charge in [0, 0.05) is 18.7 Å². The van der Waals surface area contributed by atoms with E-state index in [9.17, 15) is 18.5 Å². The molecule has 0 spiro atoms. The van der Waals surface area contributed by atoms with Crippen molar-refractivity contribution in [3.8, 4) is 5.75 Å². The van der Waals surface area contributed by atoms with E-state index in [1.165, 1.54) is 24.3 Å². The molecule has 7 nitrogen and oxygen atoms in total. The quantitative estimate of drug-likeness (QED) is 0.410. The van der Waals surface area contributed by atoms with E-state index in [0.29, 0.717) is 12.8 Å². The summed E-state index contributed by atoms with van der Waals surface area (Å²) >= 11 is 0. The summed E-state index contributed by atoms with van der Waals surface area (Å²) in [5.74, 6) is 0.795. The predicted octanol–water partition coefficient (Wildman–Crippen LogP) is 3.29. The molecule has 0 unspecified atom stereocenters. The van der Waals surface area contributed by atoms with Crippen LogP contribution in [0, 0.1) is 10.1 Å². The average molecular weight is 378 g/mol. The first-order valence-electron chi connectivity index (χ1n) is 8.27. The highest BCUT2D eigenvalue weighted by atomic mass is 32.2. The molecule has 0 bridgehead atoms. The first kappa shape index (κ1) is 19.9. The van der Waals surface area contributed by atoms with Gasteiger partial charge in [-0.1, -0.05) is 12.1 Å². The van der Waals surface area contributed by atoms with Gasteiger partial charge in [-0.15, -0.1) is 0 Å². The van der Waals surface area contributed by atoms with Gasteiger partial charge in [0.1, 0.15) is 5.75 Å². The zero-order valence-electron chi connectivity index (χ0n) is 14.7. The van der Waals surface area contributed by atoms with Gasteiger partial charge in [-0.2, -0.15) is 0 Å². The number of nitrogens with zero attached hydrogens (tertiary/aromatic N) is 1. The molecular weight excluding hydrogens is 356 g/mol. The molecule has 2 aromatic rings. The number of non-ortho nitro benzene ring substituents is 1. The molecular formula is C18H22N2O5S. The van der Waals surface area contributed by atoms with E-state index in [2.05, 4.69) is 4.72 Å². The maximum Gasteiger partial charge on any atom is 0.269 e. The minimum atomic E-state index is -3.68. The molecule has 0 heterocycles. The number of nitrogens with one attached hydrogen (secondary N) is 1. The lowest BCUT2D eigenvalue weighted by atomic mass is 10.1. The van der Waals surface area contributed by atoms with E-state index in [0.717, 1.165) is 11.3 Å². The van der Waals surface area contributed by atoms with Gasteiger partial charge in [-0.05, 0) is 56.5 Å². The van der Waals surface area contributed by atoms with Gasteiger partial charge in [-0.3, -0.25) is 10.1 Å². The van der Waals surface area contributed by atoms with Crippen LogP contribution in [0.4, 0.5) is 5.69 Å². The Labute approximate surface area is 153 Å². The summed E-state index contributed by atoms with van der Waals surface area (Å²) in [6.45, 7) is 4.19. The highest BCUT2D eigenvalue weighted by Crippen LogP contribution is 2.17. The van der Waals surface area contributed by atoms with Gasteiger partial charge in [0.05, 0.1) is 15.9 Å². The van der Waals surface area contributed by atoms with Crippen LogP contribution in [0.15, 0.2) is 53.4 Å². The predicted molar refractivity (Wildman–Crippen MR) is 98.8 cm³/mol. The van der Waals surface area contributed by atoms with E-state index in [1.807, 2.05) is 38.1 Å². The molecule has 2 aromatic carbocycles. The lowest BCUT2D eigenvalue weighted by Crippen LogP contribution is -2.25. The van der Waals surface area contributed by atoms with Crippen molar-refractivity contribution in [1.29, 1.82) is 0 Å². The summed E-state index contributed by atoms with van der Waals surface area (Å²) in [5, 5.41) is 10.6. The van der Waals surface area contributed by atoms with Crippen LogP contribution >= 0.6 is 0 Å². The van der Waals surface area contributed by atoms with Crippen molar-refractivity contribution in [2.75, 3.05) is 6.54 Å². The molecule has 1 N–H and O–H groups in total. The van der Waals surface area contributed by atoms with Crippen molar-refractivity contribution >= 4 is 15.7 Å². The summed E-state index contributed by atoms with van der Waals surface area (Å²) in [6, 6.07) is 12.5. The molecule has 0 saturated carbocycles. The van der Waals surface area contributed by atoms with Crippen LogP contribution in [-0.4, -0.2) is 26.0 Å². The number of benzene rings is 2. The van der Waals surface area contributed by atoms with Gasteiger partial charge in [0.2, 0.25) is 10.0 Å². The summed E-state index contributed by atoms with van der Waals surface area (Å²) in [5.41, 5.74) is 0.921. The number of ether oxygens (including phenoxy) is 1. The van der Waals surface area contributed by atoms with Crippen molar-refractivity contribution in [3.63, 3.8) is 0 Å². The van der Waals surface area contributed by atoms with Crippen LogP contribution in [0.5, 0.6) is 5.75 Å². The SMILES string of the molecule is CC(C)Oc1cccc(CCCNS(=O)(=O)c2ccc([N+](=O)[O-])cc2)c1. The summed E-state index contributed by atoms with van der Waals surface area (Å²) in [6.07, 6.45) is 1.42. The van der Waals surface area contributed by atoms with E-state index >= 15 is 0 Å². The first-order chi connectivity index (χ1) is 12.3. The molecule has 0 atom stereocenters. The summed E-state index contributed by atoms with van der Waals surface area (Å²) < 4.78 is 32.6. The highest BCUT2D eigenvalue weighted by molar-refractivity contribution is 7.89. The third kappa shape index (κ3) is 5.82. The van der Waals surface area contributed by atoms with E-state index in [4.69, 9.17) is 4.74 Å². The van der Waals surface area contributed by atoms with E-state index in [-0.39, 0.29) is 23.2 Å². The summed E-state index contributed by atoms with van der Waals surface area (Å²) in [7, 11) is -3.68. The lowest BCUT2D eigenvalue weighted by Gasteiger charge is -2.11. The zero-order chi connectivity index (χ0) is 19.2. The van der Waals surface area contributed by atoms with Crippen LogP contribution in [0.1, 0.15) is 25.8 Å². The van der Waals surface area contributed by atoms with E-state index < -0.39 is 14.9 Å². The molecule has 2 rings (SSSR count). The molecule has 0 aliphatic rings. The maximum atomic E-state index is 12.2. The second-order valence-electron chi connectivity index (χ2n) is 6.07. The Kier molecular flexibility index (Phi) is 6.70. The fourth-order valence-electron chi connectivity index (χ4n) is 2.38. The van der Waals surface area contributed by atoms with Crippen LogP contribution in [0.25, 0.3) is 0 Å². The largest absolute Gasteiger partial charge is 0.491 e. The molecule has 0 aliphatic heterocycles. The monoisotopic (exact) mass is 378 g/mol. The van der Waals surface area contributed by atoms with Crippen LogP contribution in [-0.2, 0) is 16.4 Å². The molecule has 140 valence electrons. The lowest BCUT2D eigenvalue weighted by molar-refractivity contribution is -0.384. The average Bonchev–Trinajstić information content (AvgIpc) is 2.58. The summed E-state index contributed by atoms with van der Waals surface area (Å²) in [4.78, 5) is 10.1. The normalized spacial score (nSPS) is 11.5. The topological polar surface area (TPSA) is 98.5 Å². The Morgan fingerprint density at radius 1 is 1.15 bits per heavy atom. The van der Waals surface area contributed by atoms with Crippen molar-refractivity contribution < 1.29 is 18.1 Å². The van der Waals surface area contributed by atoms with Crippen LogP contribution in [0.3, 0.4) is 0 Å². The van der Waals surface area contributed by atoms with Crippen molar-refractivity contribution in [2.24, 2.45) is 0 Å². The molecule has 8 heteroatoms. The Morgan fingerprint density at radius 2 is 1.85 bits per heavy atom. The zero-order valence-corrected chi connectivity index (χ0v) is 15.5. The van der Waals surface area contributed by atoms with Gasteiger partial charge in [0.15, 0.2) is 0 Å². The number of rotatable bonds is 9. The maximum absolute atomic E-state index is 12.2. The fourth-order valence-corrected chi connectivity index (χ4v) is 3.45. The minimum absolute atomic E-state index is 0.00966. The highest BCUT2D eigenvalue weighted by Gasteiger charge is 2.15. The van der Waals surface area contributed by atoms with Crippen molar-refractivity contribution in [1.82, 2.24) is 4.72 Å². The molecule has 0 fully saturated rings. The second kappa shape index (κ2) is 8.77. The Morgan fingerprint density at radius 3 is 2.46 bits per heavy atom. The Bertz CT molecular complexity index is 848. The number of sulfonamides is 1. The van der Waals surface area contributed by atoms with Gasteiger partial charge in [-0.25, -0.2) is 13.1 Å². The van der Waals surface area contributed by atoms with Crippen molar-refractivity contribution in [3.05, 3.63) is 64.2 Å². The Hall–Kier alpha value is -2.45. The first-order valence-corrected chi connectivity index (χ1v) is 9.76. The number of hydrogen-bond acceptors (Lipinski definition) is 5. The molecule has 0 saturated heterocycles. The third-order valence-electron chi connectivity index (χ3n) is 3.56. The van der Waals surface area contributed by atoms with Crippen molar-refractivity contribution in [2.45, 2.75) is 37.7 Å². The van der Waals surface area contributed by atoms with Gasteiger partial charge in [0.25, 0.3) is 5.69 Å². The molecule has 0 aromatic heterocycles. The molecule has 0 aliphatic carbocycles. The van der Waals surface area contributed by atoms with E-state index in [1.54, 1.807) is 0 Å². The number of nitro groups is 1. The van der Waals surface area contributed by atoms with Gasteiger partial charge >= 0.3 is 0 Å². The molecule has 26 heavy (non-hydrogen) atoms. The molecule has 0 radical (unpaired) electrons. The van der Waals surface area contributed by atoms with Gasteiger partial charge < -0.3 is 4.74 Å². The fraction of sp³-hybridized carbons (Fsp3) is 0.333.